The Morgan fingerprint density at radius 1 is 1.40 bits per heavy atom. The molecule has 0 radical (unpaired) electrons. The Balaban J connectivity index is 2.41. The number of benzene rings is 1. The molecule has 1 aromatic heterocycles. The van der Waals surface area contributed by atoms with Gasteiger partial charge >= 0.3 is 0 Å². The third kappa shape index (κ3) is 2.48. The Bertz CT molecular complexity index is 487. The van der Waals surface area contributed by atoms with Crippen molar-refractivity contribution in [3.63, 3.8) is 0 Å². The second kappa shape index (κ2) is 4.92. The van der Waals surface area contributed by atoms with E-state index in [0.29, 0.717) is 0 Å². The lowest BCUT2D eigenvalue weighted by atomic mass is 10.3. The van der Waals surface area contributed by atoms with Gasteiger partial charge in [0.25, 0.3) is 0 Å². The van der Waals surface area contributed by atoms with Gasteiger partial charge in [-0.15, -0.1) is 5.10 Å². The highest BCUT2D eigenvalue weighted by atomic mass is 32.2. The summed E-state index contributed by atoms with van der Waals surface area (Å²) in [4.78, 5) is 0. The van der Waals surface area contributed by atoms with Crippen LogP contribution in [0.4, 0.5) is 0 Å². The molecule has 15 heavy (non-hydrogen) atoms. The SMILES string of the molecule is CCSc1nn(-c2ccccc2)c(=S)s1. The smallest absolute Gasteiger partial charge is 0.184 e. The number of hydrogen-bond acceptors (Lipinski definition) is 4. The van der Waals surface area contributed by atoms with Crippen LogP contribution in [0.3, 0.4) is 0 Å². The molecule has 0 amide bonds. The second-order valence-corrected chi connectivity index (χ2v) is 5.95. The average Bonchev–Trinajstić information content (AvgIpc) is 2.61. The molecule has 2 rings (SSSR count). The van der Waals surface area contributed by atoms with Crippen LogP contribution >= 0.6 is 35.3 Å². The molecule has 0 fully saturated rings. The Morgan fingerprint density at radius 2 is 2.13 bits per heavy atom. The van der Waals surface area contributed by atoms with Crippen molar-refractivity contribution in [1.82, 2.24) is 9.78 Å². The van der Waals surface area contributed by atoms with Crippen LogP contribution in [-0.2, 0) is 0 Å². The second-order valence-electron chi connectivity index (χ2n) is 2.81. The van der Waals surface area contributed by atoms with Gasteiger partial charge in [0.2, 0.25) is 0 Å². The van der Waals surface area contributed by atoms with Crippen molar-refractivity contribution in [3.05, 3.63) is 34.3 Å². The van der Waals surface area contributed by atoms with Gasteiger partial charge in [0.15, 0.2) is 8.29 Å². The van der Waals surface area contributed by atoms with E-state index in [4.69, 9.17) is 12.2 Å². The molecule has 1 heterocycles. The summed E-state index contributed by atoms with van der Waals surface area (Å²) in [6.45, 7) is 2.11. The largest absolute Gasteiger partial charge is 0.211 e. The summed E-state index contributed by atoms with van der Waals surface area (Å²) in [6.07, 6.45) is 0. The van der Waals surface area contributed by atoms with Crippen LogP contribution in [0, 0.1) is 3.95 Å². The zero-order valence-corrected chi connectivity index (χ0v) is 10.7. The minimum atomic E-state index is 0.803. The molecule has 2 aromatic rings. The highest BCUT2D eigenvalue weighted by Crippen LogP contribution is 2.23. The van der Waals surface area contributed by atoms with Gasteiger partial charge in [0, 0.05) is 0 Å². The van der Waals surface area contributed by atoms with Crippen LogP contribution in [0.2, 0.25) is 0 Å². The van der Waals surface area contributed by atoms with E-state index in [0.717, 1.165) is 19.7 Å². The van der Waals surface area contributed by atoms with Crippen LogP contribution in [-0.4, -0.2) is 15.5 Å². The molecule has 0 N–H and O–H groups in total. The first-order valence-corrected chi connectivity index (χ1v) is 6.80. The van der Waals surface area contributed by atoms with Gasteiger partial charge < -0.3 is 0 Å². The zero-order chi connectivity index (χ0) is 10.7. The molecule has 0 saturated carbocycles. The molecule has 0 aliphatic rings. The summed E-state index contributed by atoms with van der Waals surface area (Å²) in [7, 11) is 0. The van der Waals surface area contributed by atoms with Gasteiger partial charge in [-0.3, -0.25) is 0 Å². The first-order valence-electron chi connectivity index (χ1n) is 4.59. The predicted molar refractivity (Wildman–Crippen MR) is 68.7 cm³/mol. The molecular formula is C10H10N2S3. The van der Waals surface area contributed by atoms with E-state index in [2.05, 4.69) is 12.0 Å². The van der Waals surface area contributed by atoms with Gasteiger partial charge in [-0.2, -0.15) is 0 Å². The van der Waals surface area contributed by atoms with E-state index < -0.39 is 0 Å². The van der Waals surface area contributed by atoms with Crippen LogP contribution in [0.15, 0.2) is 34.7 Å². The Kier molecular flexibility index (Phi) is 3.56. The van der Waals surface area contributed by atoms with Crippen molar-refractivity contribution < 1.29 is 0 Å². The standard InChI is InChI=1S/C10H10N2S3/c1-2-14-9-11-12(10(13)15-9)8-6-4-3-5-7-8/h3-7H,2H2,1H3. The number of rotatable bonds is 3. The fraction of sp³-hybridized carbons (Fsp3) is 0.200. The summed E-state index contributed by atoms with van der Waals surface area (Å²) in [5, 5.41) is 4.46. The van der Waals surface area contributed by atoms with E-state index in [-0.39, 0.29) is 0 Å². The lowest BCUT2D eigenvalue weighted by Gasteiger charge is -1.98. The molecule has 2 nitrogen and oxygen atoms in total. The van der Waals surface area contributed by atoms with Gasteiger partial charge in [-0.05, 0) is 30.1 Å². The van der Waals surface area contributed by atoms with Crippen LogP contribution in [0.25, 0.3) is 5.69 Å². The maximum Gasteiger partial charge on any atom is 0.184 e. The summed E-state index contributed by atoms with van der Waals surface area (Å²) < 4.78 is 3.65. The summed E-state index contributed by atoms with van der Waals surface area (Å²) in [5.41, 5.74) is 1.03. The average molecular weight is 254 g/mol. The fourth-order valence-electron chi connectivity index (χ4n) is 1.17. The normalized spacial score (nSPS) is 10.5. The summed E-state index contributed by atoms with van der Waals surface area (Å²) in [6, 6.07) is 9.99. The van der Waals surface area contributed by atoms with E-state index >= 15 is 0 Å². The van der Waals surface area contributed by atoms with Crippen LogP contribution in [0.5, 0.6) is 0 Å². The van der Waals surface area contributed by atoms with Gasteiger partial charge in [0.1, 0.15) is 0 Å². The van der Waals surface area contributed by atoms with E-state index in [9.17, 15) is 0 Å². The molecule has 5 heteroatoms. The maximum absolute atomic E-state index is 5.27. The van der Waals surface area contributed by atoms with Crippen molar-refractivity contribution in [2.75, 3.05) is 5.75 Å². The third-order valence-electron chi connectivity index (χ3n) is 1.80. The topological polar surface area (TPSA) is 17.8 Å². The first-order chi connectivity index (χ1) is 7.31. The molecule has 1 aromatic carbocycles. The lowest BCUT2D eigenvalue weighted by molar-refractivity contribution is 0.829. The Hall–Kier alpha value is -0.650. The van der Waals surface area contributed by atoms with E-state index in [1.54, 1.807) is 23.1 Å². The van der Waals surface area contributed by atoms with Crippen LogP contribution < -0.4 is 0 Å². The van der Waals surface area contributed by atoms with Gasteiger partial charge in [-0.25, -0.2) is 4.68 Å². The zero-order valence-electron chi connectivity index (χ0n) is 8.21. The predicted octanol–water partition coefficient (Wildman–Crippen LogP) is 3.78. The van der Waals surface area contributed by atoms with Crippen molar-refractivity contribution in [3.8, 4) is 5.69 Å². The Labute approximate surface area is 102 Å². The van der Waals surface area contributed by atoms with E-state index in [1.807, 2.05) is 35.0 Å². The first kappa shape index (κ1) is 10.9. The van der Waals surface area contributed by atoms with Crippen molar-refractivity contribution >= 4 is 35.3 Å². The molecule has 0 saturated heterocycles. The molecular weight excluding hydrogens is 244 g/mol. The fourth-order valence-corrected chi connectivity index (χ4v) is 3.43. The highest BCUT2D eigenvalue weighted by molar-refractivity contribution is 8.01. The lowest BCUT2D eigenvalue weighted by Crippen LogP contribution is -1.95. The van der Waals surface area contributed by atoms with Crippen molar-refractivity contribution in [2.45, 2.75) is 11.3 Å². The minimum Gasteiger partial charge on any atom is -0.211 e. The number of para-hydroxylation sites is 1. The summed E-state index contributed by atoms with van der Waals surface area (Å²) in [5.74, 6) is 1.02. The molecule has 0 aliphatic carbocycles. The monoisotopic (exact) mass is 254 g/mol. The van der Waals surface area contributed by atoms with Crippen molar-refractivity contribution in [1.29, 1.82) is 0 Å². The molecule has 0 atom stereocenters. The molecule has 0 aliphatic heterocycles. The van der Waals surface area contributed by atoms with Gasteiger partial charge in [-0.1, -0.05) is 48.2 Å². The Morgan fingerprint density at radius 3 is 2.80 bits per heavy atom. The molecule has 0 bridgehead atoms. The number of thioether (sulfide) groups is 1. The number of hydrogen-bond donors (Lipinski definition) is 0. The summed E-state index contributed by atoms with van der Waals surface area (Å²) >= 11 is 8.56. The highest BCUT2D eigenvalue weighted by Gasteiger charge is 2.04. The maximum atomic E-state index is 5.27. The van der Waals surface area contributed by atoms with Gasteiger partial charge in [0.05, 0.1) is 5.69 Å². The molecule has 78 valence electrons. The van der Waals surface area contributed by atoms with Crippen LogP contribution in [0.1, 0.15) is 6.92 Å². The number of nitrogens with zero attached hydrogens (tertiary/aromatic N) is 2. The number of aromatic nitrogens is 2. The van der Waals surface area contributed by atoms with E-state index in [1.165, 1.54) is 0 Å². The molecule has 0 unspecified atom stereocenters. The molecule has 0 spiro atoms. The minimum absolute atomic E-state index is 0.803. The quantitative estimate of drug-likeness (QED) is 0.613. The van der Waals surface area contributed by atoms with Crippen molar-refractivity contribution in [2.24, 2.45) is 0 Å². The third-order valence-corrected chi connectivity index (χ3v) is 4.05.